The van der Waals surface area contributed by atoms with Crippen molar-refractivity contribution >= 4 is 5.69 Å². The van der Waals surface area contributed by atoms with E-state index >= 15 is 0 Å². The van der Waals surface area contributed by atoms with Gasteiger partial charge in [0.15, 0.2) is 0 Å². The Morgan fingerprint density at radius 2 is 2.22 bits per heavy atom. The van der Waals surface area contributed by atoms with Crippen LogP contribution in [-0.2, 0) is 0 Å². The molecule has 1 aliphatic carbocycles. The van der Waals surface area contributed by atoms with Gasteiger partial charge >= 0.3 is 0 Å². The number of hydrogen-bond donors (Lipinski definition) is 1. The Balaban J connectivity index is 2.29. The Labute approximate surface area is 106 Å². The van der Waals surface area contributed by atoms with E-state index in [9.17, 15) is 4.39 Å². The summed E-state index contributed by atoms with van der Waals surface area (Å²) in [4.78, 5) is 2.07. The minimum Gasteiger partial charge on any atom is -0.396 e. The van der Waals surface area contributed by atoms with Crippen LogP contribution in [0.3, 0.4) is 0 Å². The Kier molecular flexibility index (Phi) is 4.16. The highest BCUT2D eigenvalue weighted by Crippen LogP contribution is 2.32. The summed E-state index contributed by atoms with van der Waals surface area (Å²) in [7, 11) is 0. The zero-order chi connectivity index (χ0) is 13.0. The highest BCUT2D eigenvalue weighted by atomic mass is 19.1. The third-order valence-corrected chi connectivity index (χ3v) is 3.49. The lowest BCUT2D eigenvalue weighted by molar-refractivity contribution is 0.283. The minimum absolute atomic E-state index is 0.112. The maximum absolute atomic E-state index is 13.6. The van der Waals surface area contributed by atoms with Crippen molar-refractivity contribution in [3.05, 3.63) is 29.6 Å². The van der Waals surface area contributed by atoms with E-state index in [1.807, 2.05) is 6.07 Å². The summed E-state index contributed by atoms with van der Waals surface area (Å²) in [6.07, 6.45) is 3.97. The predicted octanol–water partition coefficient (Wildman–Crippen LogP) is 2.44. The lowest BCUT2D eigenvalue weighted by Crippen LogP contribution is -2.41. The van der Waals surface area contributed by atoms with Crippen molar-refractivity contribution in [3.8, 4) is 6.07 Å². The van der Waals surface area contributed by atoms with Crippen LogP contribution in [0.25, 0.3) is 0 Å². The fourth-order valence-corrected chi connectivity index (χ4v) is 2.30. The van der Waals surface area contributed by atoms with Crippen molar-refractivity contribution in [2.75, 3.05) is 18.1 Å². The van der Waals surface area contributed by atoms with Gasteiger partial charge in [0.2, 0.25) is 0 Å². The Bertz CT molecular complexity index is 452. The number of anilines is 1. The van der Waals surface area contributed by atoms with Crippen LogP contribution in [0.4, 0.5) is 10.1 Å². The molecule has 1 aliphatic rings. The normalized spacial score (nSPS) is 14.9. The summed E-state index contributed by atoms with van der Waals surface area (Å²) >= 11 is 0. The number of aliphatic hydroxyl groups excluding tert-OH is 1. The van der Waals surface area contributed by atoms with Gasteiger partial charge in [-0.3, -0.25) is 0 Å². The van der Waals surface area contributed by atoms with E-state index in [2.05, 4.69) is 4.90 Å². The first kappa shape index (κ1) is 12.8. The van der Waals surface area contributed by atoms with Crippen molar-refractivity contribution < 1.29 is 9.50 Å². The molecule has 0 aliphatic heterocycles. The molecule has 0 spiro atoms. The molecule has 0 unspecified atom stereocenters. The SMILES string of the molecule is N#Cc1c(F)cccc1N(CCCO)C1CCC1. The highest BCUT2D eigenvalue weighted by Gasteiger charge is 2.27. The molecular formula is C14H17FN2O. The van der Waals surface area contributed by atoms with Gasteiger partial charge in [0.25, 0.3) is 0 Å². The Morgan fingerprint density at radius 3 is 2.78 bits per heavy atom. The lowest BCUT2D eigenvalue weighted by atomic mass is 9.90. The summed E-state index contributed by atoms with van der Waals surface area (Å²) in [5.41, 5.74) is 0.776. The molecule has 0 saturated heterocycles. The van der Waals surface area contributed by atoms with Gasteiger partial charge in [-0.25, -0.2) is 4.39 Å². The van der Waals surface area contributed by atoms with Crippen LogP contribution in [-0.4, -0.2) is 24.3 Å². The number of hydrogen-bond acceptors (Lipinski definition) is 3. The number of nitrogens with zero attached hydrogens (tertiary/aromatic N) is 2. The van der Waals surface area contributed by atoms with Gasteiger partial charge in [-0.15, -0.1) is 0 Å². The highest BCUT2D eigenvalue weighted by molar-refractivity contribution is 5.60. The van der Waals surface area contributed by atoms with Crippen LogP contribution < -0.4 is 4.90 Å². The van der Waals surface area contributed by atoms with Crippen LogP contribution in [0, 0.1) is 17.1 Å². The number of aliphatic hydroxyl groups is 1. The fraction of sp³-hybridized carbons (Fsp3) is 0.500. The molecule has 96 valence electrons. The molecular weight excluding hydrogens is 231 g/mol. The Hall–Kier alpha value is -1.60. The quantitative estimate of drug-likeness (QED) is 0.870. The van der Waals surface area contributed by atoms with Gasteiger partial charge in [0.05, 0.1) is 5.69 Å². The molecule has 1 saturated carbocycles. The van der Waals surface area contributed by atoms with E-state index < -0.39 is 5.82 Å². The number of halogens is 1. The first-order chi connectivity index (χ1) is 8.77. The molecule has 0 aromatic heterocycles. The van der Waals surface area contributed by atoms with Crippen molar-refractivity contribution in [2.45, 2.75) is 31.7 Å². The Morgan fingerprint density at radius 1 is 1.44 bits per heavy atom. The summed E-state index contributed by atoms with van der Waals surface area (Å²) in [5, 5.41) is 18.0. The molecule has 0 amide bonds. The monoisotopic (exact) mass is 248 g/mol. The maximum Gasteiger partial charge on any atom is 0.143 e. The third-order valence-electron chi connectivity index (χ3n) is 3.49. The second-order valence-electron chi connectivity index (χ2n) is 4.60. The maximum atomic E-state index is 13.6. The van der Waals surface area contributed by atoms with Crippen LogP contribution in [0.5, 0.6) is 0 Å². The van der Waals surface area contributed by atoms with Crippen molar-refractivity contribution in [3.63, 3.8) is 0 Å². The zero-order valence-corrected chi connectivity index (χ0v) is 10.3. The largest absolute Gasteiger partial charge is 0.396 e. The molecule has 2 rings (SSSR count). The third kappa shape index (κ3) is 2.46. The van der Waals surface area contributed by atoms with Gasteiger partial charge in [-0.1, -0.05) is 6.07 Å². The molecule has 1 aromatic rings. The second kappa shape index (κ2) is 5.83. The second-order valence-corrected chi connectivity index (χ2v) is 4.60. The molecule has 1 fully saturated rings. The average molecular weight is 248 g/mol. The smallest absolute Gasteiger partial charge is 0.143 e. The van der Waals surface area contributed by atoms with Crippen molar-refractivity contribution in [1.82, 2.24) is 0 Å². The van der Waals surface area contributed by atoms with E-state index in [1.165, 1.54) is 12.5 Å². The van der Waals surface area contributed by atoms with E-state index in [-0.39, 0.29) is 12.2 Å². The van der Waals surface area contributed by atoms with Gasteiger partial charge in [0.1, 0.15) is 17.4 Å². The first-order valence-corrected chi connectivity index (χ1v) is 6.34. The first-order valence-electron chi connectivity index (χ1n) is 6.34. The molecule has 0 bridgehead atoms. The van der Waals surface area contributed by atoms with Crippen LogP contribution in [0.1, 0.15) is 31.2 Å². The van der Waals surface area contributed by atoms with Gasteiger partial charge < -0.3 is 10.0 Å². The van der Waals surface area contributed by atoms with Crippen LogP contribution in [0.15, 0.2) is 18.2 Å². The summed E-state index contributed by atoms with van der Waals surface area (Å²) < 4.78 is 13.6. The van der Waals surface area contributed by atoms with Gasteiger partial charge in [0, 0.05) is 19.2 Å². The topological polar surface area (TPSA) is 47.3 Å². The van der Waals surface area contributed by atoms with E-state index in [4.69, 9.17) is 10.4 Å². The molecule has 0 atom stereocenters. The number of benzene rings is 1. The lowest BCUT2D eigenvalue weighted by Gasteiger charge is -2.39. The van der Waals surface area contributed by atoms with E-state index in [0.29, 0.717) is 24.7 Å². The predicted molar refractivity (Wildman–Crippen MR) is 67.8 cm³/mol. The summed E-state index contributed by atoms with van der Waals surface area (Å²) in [5.74, 6) is -0.469. The average Bonchev–Trinajstić information content (AvgIpc) is 2.31. The molecule has 1 aromatic carbocycles. The minimum atomic E-state index is -0.469. The standard InChI is InChI=1S/C14H17FN2O/c15-13-6-2-7-14(12(13)10-16)17(8-3-9-18)11-4-1-5-11/h2,6-7,11,18H,1,3-5,8-9H2. The van der Waals surface area contributed by atoms with Crippen LogP contribution in [0.2, 0.25) is 0 Å². The molecule has 18 heavy (non-hydrogen) atoms. The summed E-state index contributed by atoms with van der Waals surface area (Å²) in [6.45, 7) is 0.778. The molecule has 0 heterocycles. The molecule has 4 heteroatoms. The fourth-order valence-electron chi connectivity index (χ4n) is 2.30. The number of rotatable bonds is 5. The number of nitriles is 1. The van der Waals surface area contributed by atoms with Crippen molar-refractivity contribution in [2.24, 2.45) is 0 Å². The zero-order valence-electron chi connectivity index (χ0n) is 10.3. The molecule has 0 radical (unpaired) electrons. The molecule has 1 N–H and O–H groups in total. The van der Waals surface area contributed by atoms with E-state index in [0.717, 1.165) is 12.8 Å². The van der Waals surface area contributed by atoms with Crippen LogP contribution >= 0.6 is 0 Å². The van der Waals surface area contributed by atoms with Crippen molar-refractivity contribution in [1.29, 1.82) is 5.26 Å². The summed E-state index contributed by atoms with van der Waals surface area (Å²) in [6, 6.07) is 7.06. The molecule has 3 nitrogen and oxygen atoms in total. The van der Waals surface area contributed by atoms with Gasteiger partial charge in [-0.2, -0.15) is 5.26 Å². The van der Waals surface area contributed by atoms with Gasteiger partial charge in [-0.05, 0) is 37.8 Å². The van der Waals surface area contributed by atoms with E-state index in [1.54, 1.807) is 12.1 Å².